The number of carbonyl (C=O) groups excluding carboxylic acids is 1. The minimum atomic E-state index is -0.218. The molecule has 0 saturated heterocycles. The third-order valence-corrected chi connectivity index (χ3v) is 4.68. The Labute approximate surface area is 152 Å². The van der Waals surface area contributed by atoms with Crippen LogP contribution in [-0.2, 0) is 11.2 Å². The average molecular weight is 379 g/mol. The maximum atomic E-state index is 12.2. The Kier molecular flexibility index (Phi) is 4.99. The lowest BCUT2D eigenvalue weighted by molar-refractivity contribution is -0.115. The molecule has 0 aliphatic rings. The maximum Gasteiger partial charge on any atom is 0.230 e. The van der Waals surface area contributed by atoms with Crippen molar-refractivity contribution >= 4 is 51.8 Å². The average Bonchev–Trinajstić information content (AvgIpc) is 3.01. The molecule has 1 amide bonds. The minimum Gasteiger partial charge on any atom is -0.396 e. The Balaban J connectivity index is 1.69. The van der Waals surface area contributed by atoms with Crippen LogP contribution in [0.2, 0.25) is 10.0 Å². The number of amides is 1. The summed E-state index contributed by atoms with van der Waals surface area (Å²) in [5, 5.41) is 5.94. The van der Waals surface area contributed by atoms with Crippen LogP contribution in [0.25, 0.3) is 10.7 Å². The van der Waals surface area contributed by atoms with Gasteiger partial charge in [0.1, 0.15) is 5.01 Å². The number of benzene rings is 1. The van der Waals surface area contributed by atoms with Crippen molar-refractivity contribution in [2.75, 3.05) is 11.1 Å². The largest absolute Gasteiger partial charge is 0.396 e. The van der Waals surface area contributed by atoms with Gasteiger partial charge in [-0.15, -0.1) is 11.3 Å². The lowest BCUT2D eigenvalue weighted by atomic mass is 10.2. The SMILES string of the molecule is Nc1c(Cl)cc(NC(=O)Cc2csc(-c3ccccn3)n2)cc1Cl. The Morgan fingerprint density at radius 3 is 2.67 bits per heavy atom. The van der Waals surface area contributed by atoms with Gasteiger partial charge in [0.25, 0.3) is 0 Å². The molecule has 1 aromatic carbocycles. The molecule has 0 aliphatic heterocycles. The first-order valence-electron chi connectivity index (χ1n) is 6.93. The molecular formula is C16H12Cl2N4OS. The fourth-order valence-corrected chi connectivity index (χ4v) is 3.30. The Morgan fingerprint density at radius 2 is 2.00 bits per heavy atom. The molecule has 0 spiro atoms. The summed E-state index contributed by atoms with van der Waals surface area (Å²) in [5.41, 5.74) is 7.91. The molecule has 3 rings (SSSR count). The van der Waals surface area contributed by atoms with Gasteiger partial charge in [0, 0.05) is 17.3 Å². The zero-order chi connectivity index (χ0) is 17.1. The smallest absolute Gasteiger partial charge is 0.230 e. The summed E-state index contributed by atoms with van der Waals surface area (Å²) >= 11 is 13.4. The highest BCUT2D eigenvalue weighted by atomic mass is 35.5. The molecule has 2 heterocycles. The van der Waals surface area contributed by atoms with E-state index < -0.39 is 0 Å². The van der Waals surface area contributed by atoms with E-state index in [2.05, 4.69) is 15.3 Å². The van der Waals surface area contributed by atoms with Crippen LogP contribution in [-0.4, -0.2) is 15.9 Å². The summed E-state index contributed by atoms with van der Waals surface area (Å²) < 4.78 is 0. The number of thiazole rings is 1. The summed E-state index contributed by atoms with van der Waals surface area (Å²) in [6.45, 7) is 0. The molecule has 24 heavy (non-hydrogen) atoms. The molecule has 0 radical (unpaired) electrons. The van der Waals surface area contributed by atoms with Gasteiger partial charge in [-0.25, -0.2) is 4.98 Å². The van der Waals surface area contributed by atoms with Crippen molar-refractivity contribution in [2.45, 2.75) is 6.42 Å². The van der Waals surface area contributed by atoms with Gasteiger partial charge in [-0.3, -0.25) is 9.78 Å². The zero-order valence-corrected chi connectivity index (χ0v) is 14.6. The van der Waals surface area contributed by atoms with Crippen LogP contribution in [0.5, 0.6) is 0 Å². The van der Waals surface area contributed by atoms with E-state index in [0.717, 1.165) is 10.7 Å². The van der Waals surface area contributed by atoms with Gasteiger partial charge >= 0.3 is 0 Å². The molecule has 0 atom stereocenters. The number of anilines is 2. The Morgan fingerprint density at radius 1 is 1.25 bits per heavy atom. The number of carbonyl (C=O) groups is 1. The molecule has 8 heteroatoms. The lowest BCUT2D eigenvalue weighted by Crippen LogP contribution is -2.14. The summed E-state index contributed by atoms with van der Waals surface area (Å²) in [6.07, 6.45) is 1.85. The van der Waals surface area contributed by atoms with E-state index in [1.807, 2.05) is 23.6 Å². The van der Waals surface area contributed by atoms with Crippen molar-refractivity contribution in [3.8, 4) is 10.7 Å². The molecule has 0 bridgehead atoms. The number of nitrogens with zero attached hydrogens (tertiary/aromatic N) is 2. The van der Waals surface area contributed by atoms with Gasteiger partial charge in [-0.2, -0.15) is 0 Å². The molecule has 0 unspecified atom stereocenters. The molecule has 5 nitrogen and oxygen atoms in total. The van der Waals surface area contributed by atoms with Crippen LogP contribution in [0, 0.1) is 0 Å². The van der Waals surface area contributed by atoms with Crippen LogP contribution in [0.15, 0.2) is 41.9 Å². The number of nitrogen functional groups attached to an aromatic ring is 1. The highest BCUT2D eigenvalue weighted by Crippen LogP contribution is 2.31. The third kappa shape index (κ3) is 3.84. The molecule has 0 fully saturated rings. The zero-order valence-electron chi connectivity index (χ0n) is 12.3. The van der Waals surface area contributed by atoms with Crippen molar-refractivity contribution in [1.29, 1.82) is 0 Å². The lowest BCUT2D eigenvalue weighted by Gasteiger charge is -2.07. The summed E-state index contributed by atoms with van der Waals surface area (Å²) in [6, 6.07) is 8.72. The van der Waals surface area contributed by atoms with Crippen LogP contribution < -0.4 is 11.1 Å². The maximum absolute atomic E-state index is 12.2. The molecule has 0 saturated carbocycles. The predicted molar refractivity (Wildman–Crippen MR) is 98.6 cm³/mol. The van der Waals surface area contributed by atoms with Gasteiger partial charge in [-0.05, 0) is 24.3 Å². The van der Waals surface area contributed by atoms with Crippen molar-refractivity contribution < 1.29 is 4.79 Å². The summed E-state index contributed by atoms with van der Waals surface area (Å²) in [7, 11) is 0. The fourth-order valence-electron chi connectivity index (χ4n) is 2.02. The van der Waals surface area contributed by atoms with Crippen LogP contribution in [0.1, 0.15) is 5.69 Å². The molecule has 3 N–H and O–H groups in total. The standard InChI is InChI=1S/C16H12Cl2N4OS/c17-11-5-9(6-12(18)15(11)19)21-14(23)7-10-8-24-16(22-10)13-3-1-2-4-20-13/h1-6,8H,7,19H2,(H,21,23). The van der Waals surface area contributed by atoms with E-state index >= 15 is 0 Å². The van der Waals surface area contributed by atoms with Gasteiger partial charge in [0.05, 0.1) is 33.5 Å². The predicted octanol–water partition coefficient (Wildman–Crippen LogP) is 4.28. The van der Waals surface area contributed by atoms with E-state index in [1.54, 1.807) is 18.3 Å². The van der Waals surface area contributed by atoms with Gasteiger partial charge in [0.2, 0.25) is 5.91 Å². The second-order valence-corrected chi connectivity index (χ2v) is 6.61. The van der Waals surface area contributed by atoms with Crippen molar-refractivity contribution in [2.24, 2.45) is 0 Å². The van der Waals surface area contributed by atoms with Crippen LogP contribution in [0.4, 0.5) is 11.4 Å². The highest BCUT2D eigenvalue weighted by Gasteiger charge is 2.11. The normalized spacial score (nSPS) is 10.6. The quantitative estimate of drug-likeness (QED) is 0.664. The Hall–Kier alpha value is -2.15. The molecule has 0 aliphatic carbocycles. The number of hydrogen-bond acceptors (Lipinski definition) is 5. The van der Waals surface area contributed by atoms with E-state index in [0.29, 0.717) is 21.4 Å². The number of nitrogens with one attached hydrogen (secondary N) is 1. The minimum absolute atomic E-state index is 0.142. The first kappa shape index (κ1) is 16.7. The number of hydrogen-bond donors (Lipinski definition) is 2. The van der Waals surface area contributed by atoms with Gasteiger partial charge in [0.15, 0.2) is 0 Å². The molecule has 3 aromatic rings. The molecule has 2 aromatic heterocycles. The fraction of sp³-hybridized carbons (Fsp3) is 0.0625. The van der Waals surface area contributed by atoms with Crippen molar-refractivity contribution in [1.82, 2.24) is 9.97 Å². The first-order valence-corrected chi connectivity index (χ1v) is 8.56. The Bertz CT molecular complexity index is 860. The van der Waals surface area contributed by atoms with Crippen LogP contribution >= 0.6 is 34.5 Å². The van der Waals surface area contributed by atoms with E-state index in [9.17, 15) is 4.79 Å². The summed E-state index contributed by atoms with van der Waals surface area (Å²) in [5.74, 6) is -0.218. The molecular weight excluding hydrogens is 367 g/mol. The van der Waals surface area contributed by atoms with E-state index in [4.69, 9.17) is 28.9 Å². The van der Waals surface area contributed by atoms with Crippen molar-refractivity contribution in [3.05, 3.63) is 57.6 Å². The number of aromatic nitrogens is 2. The van der Waals surface area contributed by atoms with E-state index in [1.165, 1.54) is 11.3 Å². The first-order chi connectivity index (χ1) is 11.5. The number of halogens is 2. The number of nitrogens with two attached hydrogens (primary N) is 1. The topological polar surface area (TPSA) is 80.9 Å². The highest BCUT2D eigenvalue weighted by molar-refractivity contribution is 7.13. The second kappa shape index (κ2) is 7.17. The van der Waals surface area contributed by atoms with Crippen LogP contribution in [0.3, 0.4) is 0 Å². The monoisotopic (exact) mass is 378 g/mol. The third-order valence-electron chi connectivity index (χ3n) is 3.14. The van der Waals surface area contributed by atoms with Gasteiger partial charge < -0.3 is 11.1 Å². The molecule has 122 valence electrons. The number of rotatable bonds is 4. The number of pyridine rings is 1. The van der Waals surface area contributed by atoms with Gasteiger partial charge in [-0.1, -0.05) is 29.3 Å². The summed E-state index contributed by atoms with van der Waals surface area (Å²) in [4.78, 5) is 20.8. The second-order valence-electron chi connectivity index (χ2n) is 4.94. The van der Waals surface area contributed by atoms with Crippen molar-refractivity contribution in [3.63, 3.8) is 0 Å². The van der Waals surface area contributed by atoms with E-state index in [-0.39, 0.29) is 18.0 Å².